The number of hydrogen-bond donors (Lipinski definition) is 1. The maximum absolute atomic E-state index is 13.8. The Bertz CT molecular complexity index is 475. The first-order valence-electron chi connectivity index (χ1n) is 7.45. The number of benzene rings is 1. The molecule has 0 saturated carbocycles. The molecule has 116 valence electrons. The van der Waals surface area contributed by atoms with Gasteiger partial charge in [0, 0.05) is 19.8 Å². The van der Waals surface area contributed by atoms with Crippen molar-refractivity contribution >= 4 is 0 Å². The van der Waals surface area contributed by atoms with Gasteiger partial charge in [0.25, 0.3) is 0 Å². The molecule has 0 bridgehead atoms. The summed E-state index contributed by atoms with van der Waals surface area (Å²) in [6.45, 7) is 1.78. The first-order chi connectivity index (χ1) is 10.1. The summed E-state index contributed by atoms with van der Waals surface area (Å²) in [6, 6.07) is 3.68. The Morgan fingerprint density at radius 3 is 2.48 bits per heavy atom. The lowest BCUT2D eigenvalue weighted by Gasteiger charge is -2.44. The molecule has 2 saturated heterocycles. The minimum Gasteiger partial charge on any atom is -0.388 e. The lowest BCUT2D eigenvalue weighted by atomic mass is 9.77. The van der Waals surface area contributed by atoms with E-state index >= 15 is 0 Å². The third-order valence-corrected chi connectivity index (χ3v) is 4.68. The minimum atomic E-state index is -1.13. The number of hydrogen-bond acceptors (Lipinski definition) is 3. The van der Waals surface area contributed by atoms with Crippen LogP contribution in [0.1, 0.15) is 37.4 Å². The van der Waals surface area contributed by atoms with Crippen LogP contribution in [-0.4, -0.2) is 30.5 Å². The van der Waals surface area contributed by atoms with Crippen LogP contribution in [0.15, 0.2) is 18.2 Å². The largest absolute Gasteiger partial charge is 0.388 e. The molecular weight excluding hydrogens is 278 g/mol. The standard InChI is InChI=1S/C16H20F2O3/c17-12-2-1-3-13(18)14(12)15(19)11-4-7-21-16(10-11)5-8-20-9-6-16/h1-3,11,15,19H,4-10H2. The molecule has 2 aliphatic heterocycles. The van der Waals surface area contributed by atoms with Crippen LogP contribution in [0.5, 0.6) is 0 Å². The summed E-state index contributed by atoms with van der Waals surface area (Å²) in [6.07, 6.45) is 1.64. The van der Waals surface area contributed by atoms with Crippen molar-refractivity contribution in [2.75, 3.05) is 19.8 Å². The van der Waals surface area contributed by atoms with Crippen LogP contribution >= 0.6 is 0 Å². The van der Waals surface area contributed by atoms with E-state index in [2.05, 4.69) is 0 Å². The summed E-state index contributed by atoms with van der Waals surface area (Å²) >= 11 is 0. The summed E-state index contributed by atoms with van der Waals surface area (Å²) in [5.41, 5.74) is -0.518. The van der Waals surface area contributed by atoms with Crippen molar-refractivity contribution in [3.63, 3.8) is 0 Å². The molecule has 0 aromatic heterocycles. The molecule has 1 aromatic carbocycles. The second kappa shape index (κ2) is 5.99. The van der Waals surface area contributed by atoms with Crippen molar-refractivity contribution in [3.8, 4) is 0 Å². The number of ether oxygens (including phenoxy) is 2. The Kier molecular flexibility index (Phi) is 4.24. The van der Waals surface area contributed by atoms with E-state index in [1.54, 1.807) is 0 Å². The van der Waals surface area contributed by atoms with Crippen LogP contribution in [0.3, 0.4) is 0 Å². The summed E-state index contributed by atoms with van der Waals surface area (Å²) in [7, 11) is 0. The molecule has 1 N–H and O–H groups in total. The van der Waals surface area contributed by atoms with Gasteiger partial charge in [0.15, 0.2) is 0 Å². The van der Waals surface area contributed by atoms with Crippen molar-refractivity contribution < 1.29 is 23.4 Å². The van der Waals surface area contributed by atoms with E-state index in [1.807, 2.05) is 0 Å². The van der Waals surface area contributed by atoms with Gasteiger partial charge in [-0.3, -0.25) is 0 Å². The number of aliphatic hydroxyl groups excluding tert-OH is 1. The monoisotopic (exact) mass is 298 g/mol. The SMILES string of the molecule is OC(c1c(F)cccc1F)C1CCOC2(CCOCC2)C1. The van der Waals surface area contributed by atoms with Gasteiger partial charge >= 0.3 is 0 Å². The maximum atomic E-state index is 13.8. The molecule has 1 spiro atoms. The Morgan fingerprint density at radius 1 is 1.14 bits per heavy atom. The van der Waals surface area contributed by atoms with Crippen LogP contribution in [0.4, 0.5) is 8.78 Å². The fourth-order valence-electron chi connectivity index (χ4n) is 3.46. The molecule has 0 aliphatic carbocycles. The van der Waals surface area contributed by atoms with Gasteiger partial charge in [0.05, 0.1) is 17.3 Å². The second-order valence-electron chi connectivity index (χ2n) is 5.98. The molecular formula is C16H20F2O3. The third-order valence-electron chi connectivity index (χ3n) is 4.68. The van der Waals surface area contributed by atoms with Crippen LogP contribution in [0, 0.1) is 17.6 Å². The quantitative estimate of drug-likeness (QED) is 0.912. The Balaban J connectivity index is 1.79. The van der Waals surface area contributed by atoms with Gasteiger partial charge in [0.1, 0.15) is 11.6 Å². The molecule has 5 heteroatoms. The summed E-state index contributed by atoms with van der Waals surface area (Å²) in [5.74, 6) is -1.56. The summed E-state index contributed by atoms with van der Waals surface area (Å²) in [4.78, 5) is 0. The molecule has 3 rings (SSSR count). The smallest absolute Gasteiger partial charge is 0.131 e. The number of halogens is 2. The van der Waals surface area contributed by atoms with Crippen LogP contribution < -0.4 is 0 Å². The average molecular weight is 298 g/mol. The van der Waals surface area contributed by atoms with Crippen LogP contribution in [0.25, 0.3) is 0 Å². The molecule has 2 atom stereocenters. The van der Waals surface area contributed by atoms with Gasteiger partial charge in [0.2, 0.25) is 0 Å². The van der Waals surface area contributed by atoms with Crippen molar-refractivity contribution in [2.24, 2.45) is 5.92 Å². The van der Waals surface area contributed by atoms with Gasteiger partial charge in [-0.15, -0.1) is 0 Å². The molecule has 2 heterocycles. The Hall–Kier alpha value is -1.04. The lowest BCUT2D eigenvalue weighted by Crippen LogP contribution is -2.45. The molecule has 2 aliphatic rings. The van der Waals surface area contributed by atoms with E-state index in [0.717, 1.165) is 12.8 Å². The molecule has 1 aromatic rings. The van der Waals surface area contributed by atoms with Crippen molar-refractivity contribution in [1.82, 2.24) is 0 Å². The lowest BCUT2D eigenvalue weighted by molar-refractivity contribution is -0.159. The summed E-state index contributed by atoms with van der Waals surface area (Å²) in [5, 5.41) is 10.5. The maximum Gasteiger partial charge on any atom is 0.131 e. The van der Waals surface area contributed by atoms with Crippen LogP contribution in [0.2, 0.25) is 0 Å². The highest BCUT2D eigenvalue weighted by molar-refractivity contribution is 5.23. The van der Waals surface area contributed by atoms with E-state index < -0.39 is 17.7 Å². The molecule has 2 fully saturated rings. The first kappa shape index (κ1) is 14.9. The molecule has 0 amide bonds. The second-order valence-corrected chi connectivity index (χ2v) is 5.98. The van der Waals surface area contributed by atoms with Crippen molar-refractivity contribution in [3.05, 3.63) is 35.4 Å². The van der Waals surface area contributed by atoms with E-state index in [9.17, 15) is 13.9 Å². The zero-order valence-electron chi connectivity index (χ0n) is 11.9. The molecule has 21 heavy (non-hydrogen) atoms. The normalized spacial score (nSPS) is 26.7. The fourth-order valence-corrected chi connectivity index (χ4v) is 3.46. The van der Waals surface area contributed by atoms with Crippen molar-refractivity contribution in [2.45, 2.75) is 37.4 Å². The van der Waals surface area contributed by atoms with Gasteiger partial charge in [-0.2, -0.15) is 0 Å². The first-order valence-corrected chi connectivity index (χ1v) is 7.45. The summed E-state index contributed by atoms with van der Waals surface area (Å²) < 4.78 is 38.9. The van der Waals surface area contributed by atoms with E-state index in [0.29, 0.717) is 32.7 Å². The average Bonchev–Trinajstić information content (AvgIpc) is 2.48. The zero-order chi connectivity index (χ0) is 14.9. The molecule has 3 nitrogen and oxygen atoms in total. The predicted molar refractivity (Wildman–Crippen MR) is 72.8 cm³/mol. The van der Waals surface area contributed by atoms with E-state index in [1.165, 1.54) is 18.2 Å². The fraction of sp³-hybridized carbons (Fsp3) is 0.625. The van der Waals surface area contributed by atoms with Gasteiger partial charge < -0.3 is 14.6 Å². The minimum absolute atomic E-state index is 0.191. The van der Waals surface area contributed by atoms with Crippen molar-refractivity contribution in [1.29, 1.82) is 0 Å². The highest BCUT2D eigenvalue weighted by atomic mass is 19.1. The predicted octanol–water partition coefficient (Wildman–Crippen LogP) is 2.97. The molecule has 2 unspecified atom stereocenters. The van der Waals surface area contributed by atoms with Gasteiger partial charge in [-0.25, -0.2) is 8.78 Å². The number of rotatable bonds is 2. The third kappa shape index (κ3) is 2.96. The van der Waals surface area contributed by atoms with Gasteiger partial charge in [-0.05, 0) is 43.7 Å². The highest BCUT2D eigenvalue weighted by Crippen LogP contribution is 2.42. The Labute approximate surface area is 122 Å². The highest BCUT2D eigenvalue weighted by Gasteiger charge is 2.42. The molecule has 0 radical (unpaired) electrons. The van der Waals surface area contributed by atoms with Crippen LogP contribution in [-0.2, 0) is 9.47 Å². The van der Waals surface area contributed by atoms with E-state index in [-0.39, 0.29) is 17.1 Å². The zero-order valence-corrected chi connectivity index (χ0v) is 11.9. The topological polar surface area (TPSA) is 38.7 Å². The van der Waals surface area contributed by atoms with Gasteiger partial charge in [-0.1, -0.05) is 6.07 Å². The number of aliphatic hydroxyl groups is 1. The Morgan fingerprint density at radius 2 is 1.81 bits per heavy atom. The van der Waals surface area contributed by atoms with E-state index in [4.69, 9.17) is 9.47 Å².